The van der Waals surface area contributed by atoms with Gasteiger partial charge in [-0.15, -0.1) is 0 Å². The van der Waals surface area contributed by atoms with Crippen molar-refractivity contribution in [2.45, 2.75) is 64.6 Å². The molecule has 0 aliphatic heterocycles. The van der Waals surface area contributed by atoms with Crippen LogP contribution in [0.4, 0.5) is 0 Å². The summed E-state index contributed by atoms with van der Waals surface area (Å²) in [7, 11) is 0. The molecule has 0 radical (unpaired) electrons. The van der Waals surface area contributed by atoms with Crippen LogP contribution in [0.3, 0.4) is 0 Å². The second-order valence-corrected chi connectivity index (χ2v) is 7.75. The van der Waals surface area contributed by atoms with Gasteiger partial charge in [0, 0.05) is 5.92 Å². The molecule has 0 heterocycles. The Labute approximate surface area is 162 Å². The van der Waals surface area contributed by atoms with E-state index in [9.17, 15) is 15.0 Å². The molecule has 0 aromatic heterocycles. The monoisotopic (exact) mass is 378 g/mol. The quantitative estimate of drug-likeness (QED) is 0.378. The first-order valence-corrected chi connectivity index (χ1v) is 10.2. The lowest BCUT2D eigenvalue weighted by molar-refractivity contribution is -0.141. The molecule has 3 unspecified atom stereocenters. The molecule has 3 N–H and O–H groups in total. The van der Waals surface area contributed by atoms with Crippen LogP contribution in [0.5, 0.6) is 0 Å². The van der Waals surface area contributed by atoms with Gasteiger partial charge in [0.15, 0.2) is 0 Å². The summed E-state index contributed by atoms with van der Waals surface area (Å²) in [5.74, 6) is -0.240. The Morgan fingerprint density at radius 3 is 2.81 bits per heavy atom. The van der Waals surface area contributed by atoms with Crippen molar-refractivity contribution in [2.24, 2.45) is 17.8 Å². The molecule has 5 atom stereocenters. The van der Waals surface area contributed by atoms with Crippen molar-refractivity contribution in [3.63, 3.8) is 0 Å². The number of aliphatic hydroxyl groups is 2. The molecule has 0 aromatic carbocycles. The number of rotatable bonds is 11. The first-order valence-electron chi connectivity index (χ1n) is 10.2. The fourth-order valence-electron chi connectivity index (χ4n) is 4.32. The number of carboxylic acid groups (broad SMARTS) is 1. The number of aliphatic carboxylic acids is 1. The minimum atomic E-state index is -0.964. The average Bonchev–Trinajstić information content (AvgIpc) is 3.14. The third-order valence-corrected chi connectivity index (χ3v) is 5.78. The number of carbonyl (C=O) groups is 1. The molecule has 5 heteroatoms. The van der Waals surface area contributed by atoms with E-state index in [1.165, 1.54) is 5.57 Å². The molecule has 0 bridgehead atoms. The molecule has 1 saturated carbocycles. The van der Waals surface area contributed by atoms with Crippen LogP contribution < -0.4 is 0 Å². The van der Waals surface area contributed by atoms with Gasteiger partial charge in [-0.1, -0.05) is 50.5 Å². The molecule has 2 rings (SSSR count). The maximum Gasteiger partial charge on any atom is 0.329 e. The van der Waals surface area contributed by atoms with Crippen molar-refractivity contribution in [1.82, 2.24) is 0 Å². The molecule has 27 heavy (non-hydrogen) atoms. The third kappa shape index (κ3) is 6.30. The maximum absolute atomic E-state index is 10.6. The zero-order valence-corrected chi connectivity index (χ0v) is 16.5. The SMILES string of the molecule is C/C=C(/COCC(=O)O)C1=CC2C[C@@H](O)[C@H](/C=C/C(O)CCCCC)C2C1. The number of allylic oxidation sites excluding steroid dienone is 2. The first-order chi connectivity index (χ1) is 13.0. The topological polar surface area (TPSA) is 87.0 Å². The highest BCUT2D eigenvalue weighted by Gasteiger charge is 2.43. The third-order valence-electron chi connectivity index (χ3n) is 5.78. The maximum atomic E-state index is 10.6. The highest BCUT2D eigenvalue weighted by Crippen LogP contribution is 2.48. The Bertz CT molecular complexity index is 577. The van der Waals surface area contributed by atoms with Crippen LogP contribution in [-0.2, 0) is 9.53 Å². The number of ether oxygens (including phenoxy) is 1. The summed E-state index contributed by atoms with van der Waals surface area (Å²) in [6, 6.07) is 0. The van der Waals surface area contributed by atoms with Gasteiger partial charge in [-0.25, -0.2) is 4.79 Å². The van der Waals surface area contributed by atoms with Crippen molar-refractivity contribution in [1.29, 1.82) is 0 Å². The Kier molecular flexibility index (Phi) is 8.74. The lowest BCUT2D eigenvalue weighted by Gasteiger charge is -2.19. The van der Waals surface area contributed by atoms with E-state index in [0.29, 0.717) is 18.4 Å². The molecule has 2 aliphatic rings. The van der Waals surface area contributed by atoms with E-state index in [1.807, 2.05) is 25.2 Å². The Balaban J connectivity index is 1.92. The number of hydrogen-bond acceptors (Lipinski definition) is 4. The van der Waals surface area contributed by atoms with E-state index in [4.69, 9.17) is 9.84 Å². The fourth-order valence-corrected chi connectivity index (χ4v) is 4.32. The van der Waals surface area contributed by atoms with E-state index in [1.54, 1.807) is 0 Å². The van der Waals surface area contributed by atoms with Crippen LogP contribution in [0.2, 0.25) is 0 Å². The van der Waals surface area contributed by atoms with E-state index in [0.717, 1.165) is 44.1 Å². The van der Waals surface area contributed by atoms with Crippen molar-refractivity contribution in [3.05, 3.63) is 35.5 Å². The largest absolute Gasteiger partial charge is 0.480 e. The van der Waals surface area contributed by atoms with Gasteiger partial charge >= 0.3 is 5.97 Å². The first kappa shape index (κ1) is 21.9. The van der Waals surface area contributed by atoms with Gasteiger partial charge in [0.1, 0.15) is 6.61 Å². The normalized spacial score (nSPS) is 29.2. The molecule has 152 valence electrons. The van der Waals surface area contributed by atoms with E-state index >= 15 is 0 Å². The molecule has 2 aliphatic carbocycles. The average molecular weight is 379 g/mol. The molecule has 1 fully saturated rings. The Morgan fingerprint density at radius 2 is 2.15 bits per heavy atom. The van der Waals surface area contributed by atoms with E-state index < -0.39 is 12.1 Å². The summed E-state index contributed by atoms with van der Waals surface area (Å²) < 4.78 is 5.25. The highest BCUT2D eigenvalue weighted by molar-refractivity contribution is 5.68. The second kappa shape index (κ2) is 10.8. The van der Waals surface area contributed by atoms with Crippen LogP contribution in [0.25, 0.3) is 0 Å². The van der Waals surface area contributed by atoms with E-state index in [2.05, 4.69) is 13.0 Å². The Hall–Kier alpha value is -1.43. The van der Waals surface area contributed by atoms with Gasteiger partial charge in [0.25, 0.3) is 0 Å². The molecule has 5 nitrogen and oxygen atoms in total. The second-order valence-electron chi connectivity index (χ2n) is 7.75. The van der Waals surface area contributed by atoms with Crippen molar-refractivity contribution in [2.75, 3.05) is 13.2 Å². The summed E-state index contributed by atoms with van der Waals surface area (Å²) in [5, 5.41) is 29.3. The standard InChI is InChI=1S/C22H34O5/c1-3-5-6-7-18(23)8-9-19-20-11-16(10-17(20)12-21(19)24)15(4-2)13-27-14-22(25)26/h4,8-10,17-21,23-24H,3,5-7,11-14H2,1-2H3,(H,25,26)/b9-8+,15-4-/t17?,18?,19-,20?,21-/m1/s1. The zero-order chi connectivity index (χ0) is 19.8. The van der Waals surface area contributed by atoms with Crippen LogP contribution in [0.1, 0.15) is 52.4 Å². The van der Waals surface area contributed by atoms with Gasteiger partial charge in [-0.3, -0.25) is 0 Å². The lowest BCUT2D eigenvalue weighted by Crippen LogP contribution is -2.18. The number of carboxylic acids is 1. The zero-order valence-electron chi connectivity index (χ0n) is 16.5. The molecule has 0 saturated heterocycles. The van der Waals surface area contributed by atoms with Crippen LogP contribution in [0.15, 0.2) is 35.5 Å². The van der Waals surface area contributed by atoms with Gasteiger partial charge in [0.05, 0.1) is 18.8 Å². The van der Waals surface area contributed by atoms with Gasteiger partial charge in [-0.2, -0.15) is 0 Å². The van der Waals surface area contributed by atoms with Crippen LogP contribution in [-0.4, -0.2) is 46.7 Å². The predicted octanol–water partition coefficient (Wildman–Crippen LogP) is 3.47. The predicted molar refractivity (Wildman–Crippen MR) is 105 cm³/mol. The summed E-state index contributed by atoms with van der Waals surface area (Å²) in [6.07, 6.45) is 12.9. The number of fused-ring (bicyclic) bond motifs is 1. The molecule has 0 aromatic rings. The lowest BCUT2D eigenvalue weighted by atomic mass is 9.88. The highest BCUT2D eigenvalue weighted by atomic mass is 16.5. The van der Waals surface area contributed by atoms with Crippen molar-refractivity contribution < 1.29 is 24.9 Å². The summed E-state index contributed by atoms with van der Waals surface area (Å²) in [5.41, 5.74) is 2.23. The number of aliphatic hydroxyl groups excluding tert-OH is 2. The van der Waals surface area contributed by atoms with Gasteiger partial charge in [-0.05, 0) is 49.2 Å². The smallest absolute Gasteiger partial charge is 0.329 e. The molecular weight excluding hydrogens is 344 g/mol. The number of unbranched alkanes of at least 4 members (excludes halogenated alkanes) is 2. The molecular formula is C22H34O5. The van der Waals surface area contributed by atoms with Gasteiger partial charge in [0.2, 0.25) is 0 Å². The minimum absolute atomic E-state index is 0.0580. The van der Waals surface area contributed by atoms with E-state index in [-0.39, 0.29) is 18.6 Å². The summed E-state index contributed by atoms with van der Waals surface area (Å²) in [4.78, 5) is 10.6. The van der Waals surface area contributed by atoms with Gasteiger partial charge < -0.3 is 20.1 Å². The summed E-state index contributed by atoms with van der Waals surface area (Å²) >= 11 is 0. The fraction of sp³-hybridized carbons (Fsp3) is 0.682. The molecule has 0 spiro atoms. The summed E-state index contributed by atoms with van der Waals surface area (Å²) in [6.45, 7) is 4.09. The minimum Gasteiger partial charge on any atom is -0.480 e. The number of hydrogen-bond donors (Lipinski definition) is 3. The van der Waals surface area contributed by atoms with Crippen LogP contribution in [0, 0.1) is 17.8 Å². The van der Waals surface area contributed by atoms with Crippen molar-refractivity contribution >= 4 is 5.97 Å². The van der Waals surface area contributed by atoms with Crippen molar-refractivity contribution in [3.8, 4) is 0 Å². The van der Waals surface area contributed by atoms with Crippen LogP contribution >= 0.6 is 0 Å². The Morgan fingerprint density at radius 1 is 1.37 bits per heavy atom. The molecule has 0 amide bonds.